The van der Waals surface area contributed by atoms with E-state index in [1.807, 2.05) is 0 Å². The number of rotatable bonds is 5. The van der Waals surface area contributed by atoms with Crippen LogP contribution in [-0.2, 0) is 15.7 Å². The Bertz CT molecular complexity index is 639. The Morgan fingerprint density at radius 1 is 1.23 bits per heavy atom. The summed E-state index contributed by atoms with van der Waals surface area (Å²) in [6, 6.07) is 4.24. The number of benzene rings is 1. The number of hydrogen-bond acceptors (Lipinski definition) is 3. The lowest BCUT2D eigenvalue weighted by molar-refractivity contribution is -0.137. The summed E-state index contributed by atoms with van der Waals surface area (Å²) in [6.07, 6.45) is -4.84. The minimum Gasteiger partial charge on any atom is -0.444 e. The zero-order chi connectivity index (χ0) is 20.1. The SMILES string of the molecule is CC(=O)N(C)[C@@H](CCNC(=O)OC(C)(C)C)c1cccc(C(F)(F)F)c1. The molecular formula is C18H25F3N2O3. The van der Waals surface area contributed by atoms with E-state index < -0.39 is 29.5 Å². The van der Waals surface area contributed by atoms with Crippen molar-refractivity contribution in [1.29, 1.82) is 0 Å². The Labute approximate surface area is 151 Å². The van der Waals surface area contributed by atoms with Crippen LogP contribution in [0.4, 0.5) is 18.0 Å². The first-order valence-corrected chi connectivity index (χ1v) is 8.18. The molecule has 0 bridgehead atoms. The van der Waals surface area contributed by atoms with Gasteiger partial charge in [-0.1, -0.05) is 12.1 Å². The second kappa shape index (κ2) is 8.42. The molecular weight excluding hydrogens is 349 g/mol. The number of nitrogens with zero attached hydrogens (tertiary/aromatic N) is 1. The number of carbonyl (C=O) groups excluding carboxylic acids is 2. The molecule has 0 saturated carbocycles. The Kier molecular flexibility index (Phi) is 7.06. The third-order valence-corrected chi connectivity index (χ3v) is 3.65. The highest BCUT2D eigenvalue weighted by molar-refractivity contribution is 5.73. The van der Waals surface area contributed by atoms with Gasteiger partial charge in [0, 0.05) is 20.5 Å². The van der Waals surface area contributed by atoms with E-state index in [1.165, 1.54) is 31.0 Å². The second-order valence-electron chi connectivity index (χ2n) is 6.99. The van der Waals surface area contributed by atoms with E-state index >= 15 is 0 Å². The van der Waals surface area contributed by atoms with Crippen molar-refractivity contribution in [2.24, 2.45) is 0 Å². The van der Waals surface area contributed by atoms with Gasteiger partial charge in [-0.15, -0.1) is 0 Å². The highest BCUT2D eigenvalue weighted by atomic mass is 19.4. The number of hydrogen-bond donors (Lipinski definition) is 1. The van der Waals surface area contributed by atoms with Gasteiger partial charge in [0.05, 0.1) is 11.6 Å². The molecule has 1 rings (SSSR count). The third-order valence-electron chi connectivity index (χ3n) is 3.65. The van der Waals surface area contributed by atoms with Gasteiger partial charge in [0.15, 0.2) is 0 Å². The van der Waals surface area contributed by atoms with Crippen LogP contribution in [0, 0.1) is 0 Å². The van der Waals surface area contributed by atoms with Gasteiger partial charge in [-0.05, 0) is 44.9 Å². The zero-order valence-electron chi connectivity index (χ0n) is 15.6. The highest BCUT2D eigenvalue weighted by Gasteiger charge is 2.31. The Balaban J connectivity index is 2.90. The lowest BCUT2D eigenvalue weighted by Gasteiger charge is -2.28. The number of amides is 2. The fourth-order valence-electron chi connectivity index (χ4n) is 2.35. The van der Waals surface area contributed by atoms with Gasteiger partial charge in [-0.3, -0.25) is 4.79 Å². The fraction of sp³-hybridized carbons (Fsp3) is 0.556. The van der Waals surface area contributed by atoms with Crippen molar-refractivity contribution < 1.29 is 27.5 Å². The number of alkyl carbamates (subject to hydrolysis) is 1. The number of carbonyl (C=O) groups is 2. The topological polar surface area (TPSA) is 58.6 Å². The van der Waals surface area contributed by atoms with Gasteiger partial charge in [0.2, 0.25) is 5.91 Å². The molecule has 26 heavy (non-hydrogen) atoms. The number of ether oxygens (including phenoxy) is 1. The standard InChI is InChI=1S/C18H25F3N2O3/c1-12(24)23(5)15(9-10-22-16(25)26-17(2,3)4)13-7-6-8-14(11-13)18(19,20)21/h6-8,11,15H,9-10H2,1-5H3,(H,22,25)/t15-/m0/s1. The summed E-state index contributed by atoms with van der Waals surface area (Å²) >= 11 is 0. The summed E-state index contributed by atoms with van der Waals surface area (Å²) < 4.78 is 44.0. The lowest BCUT2D eigenvalue weighted by atomic mass is 9.99. The largest absolute Gasteiger partial charge is 0.444 e. The smallest absolute Gasteiger partial charge is 0.416 e. The molecule has 0 aliphatic heterocycles. The van der Waals surface area contributed by atoms with E-state index in [2.05, 4.69) is 5.32 Å². The van der Waals surface area contributed by atoms with Crippen LogP contribution in [0.2, 0.25) is 0 Å². The molecule has 0 spiro atoms. The molecule has 0 aromatic heterocycles. The number of alkyl halides is 3. The average Bonchev–Trinajstić information content (AvgIpc) is 2.48. The molecule has 0 radical (unpaired) electrons. The van der Waals surface area contributed by atoms with Gasteiger partial charge in [0.25, 0.3) is 0 Å². The van der Waals surface area contributed by atoms with E-state index in [0.29, 0.717) is 5.56 Å². The third kappa shape index (κ3) is 6.93. The van der Waals surface area contributed by atoms with Crippen molar-refractivity contribution in [3.8, 4) is 0 Å². The molecule has 0 saturated heterocycles. The molecule has 0 fully saturated rings. The maximum atomic E-state index is 13.0. The molecule has 0 aliphatic rings. The highest BCUT2D eigenvalue weighted by Crippen LogP contribution is 2.32. The summed E-state index contributed by atoms with van der Waals surface area (Å²) in [5.74, 6) is -0.287. The molecule has 146 valence electrons. The van der Waals surface area contributed by atoms with Crippen LogP contribution < -0.4 is 5.32 Å². The minimum atomic E-state index is -4.47. The van der Waals surface area contributed by atoms with E-state index in [0.717, 1.165) is 12.1 Å². The van der Waals surface area contributed by atoms with Crippen molar-refractivity contribution in [3.63, 3.8) is 0 Å². The van der Waals surface area contributed by atoms with Crippen LogP contribution in [0.1, 0.15) is 51.3 Å². The van der Waals surface area contributed by atoms with Crippen LogP contribution in [0.25, 0.3) is 0 Å². The van der Waals surface area contributed by atoms with Gasteiger partial charge < -0.3 is 15.0 Å². The van der Waals surface area contributed by atoms with Crippen LogP contribution in [-0.4, -0.2) is 36.1 Å². The fourth-order valence-corrected chi connectivity index (χ4v) is 2.35. The monoisotopic (exact) mass is 374 g/mol. The van der Waals surface area contributed by atoms with Crippen LogP contribution in [0.3, 0.4) is 0 Å². The first-order valence-electron chi connectivity index (χ1n) is 8.18. The molecule has 5 nitrogen and oxygen atoms in total. The van der Waals surface area contributed by atoms with Crippen LogP contribution in [0.5, 0.6) is 0 Å². The molecule has 8 heteroatoms. The maximum Gasteiger partial charge on any atom is 0.416 e. The van der Waals surface area contributed by atoms with Crippen molar-refractivity contribution in [1.82, 2.24) is 10.2 Å². The first-order chi connectivity index (χ1) is 11.8. The summed E-state index contributed by atoms with van der Waals surface area (Å²) in [5, 5.41) is 2.56. The first kappa shape index (κ1) is 21.8. The van der Waals surface area contributed by atoms with Gasteiger partial charge in [-0.25, -0.2) is 4.79 Å². The number of halogens is 3. The lowest BCUT2D eigenvalue weighted by Crippen LogP contribution is -2.36. The normalized spacial score (nSPS) is 13.1. The van der Waals surface area contributed by atoms with E-state index in [-0.39, 0.29) is 18.9 Å². The summed E-state index contributed by atoms with van der Waals surface area (Å²) in [4.78, 5) is 24.8. The van der Waals surface area contributed by atoms with E-state index in [1.54, 1.807) is 20.8 Å². The Hall–Kier alpha value is -2.25. The minimum absolute atomic E-state index is 0.146. The molecule has 2 amide bonds. The predicted molar refractivity (Wildman–Crippen MR) is 91.5 cm³/mol. The molecule has 0 aliphatic carbocycles. The predicted octanol–water partition coefficient (Wildman–Crippen LogP) is 4.14. The van der Waals surface area contributed by atoms with Crippen LogP contribution >= 0.6 is 0 Å². The summed E-state index contributed by atoms with van der Waals surface area (Å²) in [7, 11) is 1.51. The van der Waals surface area contributed by atoms with Gasteiger partial charge in [0.1, 0.15) is 5.60 Å². The van der Waals surface area contributed by atoms with Gasteiger partial charge >= 0.3 is 12.3 Å². The average molecular weight is 374 g/mol. The van der Waals surface area contributed by atoms with E-state index in [9.17, 15) is 22.8 Å². The molecule has 1 aromatic carbocycles. The van der Waals surface area contributed by atoms with Crippen molar-refractivity contribution in [3.05, 3.63) is 35.4 Å². The summed E-state index contributed by atoms with van der Waals surface area (Å²) in [5.41, 5.74) is -1.08. The zero-order valence-corrected chi connectivity index (χ0v) is 15.6. The molecule has 0 unspecified atom stereocenters. The Morgan fingerprint density at radius 3 is 2.35 bits per heavy atom. The summed E-state index contributed by atoms with van der Waals surface area (Å²) in [6.45, 7) is 6.65. The van der Waals surface area contributed by atoms with Crippen LogP contribution in [0.15, 0.2) is 24.3 Å². The Morgan fingerprint density at radius 2 is 1.85 bits per heavy atom. The quantitative estimate of drug-likeness (QED) is 0.843. The second-order valence-corrected chi connectivity index (χ2v) is 6.99. The van der Waals surface area contributed by atoms with E-state index in [4.69, 9.17) is 4.74 Å². The molecule has 1 atom stereocenters. The number of nitrogens with one attached hydrogen (secondary N) is 1. The molecule has 1 N–H and O–H groups in total. The molecule has 0 heterocycles. The van der Waals surface area contributed by atoms with Crippen molar-refractivity contribution >= 4 is 12.0 Å². The van der Waals surface area contributed by atoms with Crippen molar-refractivity contribution in [2.45, 2.75) is 51.9 Å². The van der Waals surface area contributed by atoms with Crippen molar-refractivity contribution in [2.75, 3.05) is 13.6 Å². The van der Waals surface area contributed by atoms with Gasteiger partial charge in [-0.2, -0.15) is 13.2 Å². The maximum absolute atomic E-state index is 13.0. The molecule has 1 aromatic rings.